The zero-order valence-electron chi connectivity index (χ0n) is 11.0. The van der Waals surface area contributed by atoms with Gasteiger partial charge in [0.1, 0.15) is 11.5 Å². The number of rotatable bonds is 1. The van der Waals surface area contributed by atoms with Crippen LogP contribution in [0.1, 0.15) is 16.7 Å². The average molecular weight is 288 g/mol. The Morgan fingerprint density at radius 2 is 1.71 bits per heavy atom. The molecule has 0 spiro atoms. The standard InChI is InChI=1S/C16H11F3N2/c17-13-2-1-12-9-21(4-3-11(12)7-13)16-14(18)5-10(8-20)6-15(16)19/h1-2,5-7H,3-4,9H2. The minimum Gasteiger partial charge on any atom is -0.362 e. The summed E-state index contributed by atoms with van der Waals surface area (Å²) in [4.78, 5) is 1.58. The molecule has 1 aliphatic heterocycles. The van der Waals surface area contributed by atoms with E-state index < -0.39 is 11.6 Å². The van der Waals surface area contributed by atoms with Crippen molar-refractivity contribution < 1.29 is 13.2 Å². The number of halogens is 3. The lowest BCUT2D eigenvalue weighted by Crippen LogP contribution is -2.32. The quantitative estimate of drug-likeness (QED) is 0.802. The first-order valence-electron chi connectivity index (χ1n) is 6.50. The molecule has 1 aliphatic rings. The van der Waals surface area contributed by atoms with Crippen LogP contribution in [-0.4, -0.2) is 6.54 Å². The minimum absolute atomic E-state index is 0.0479. The van der Waals surface area contributed by atoms with Crippen LogP contribution in [0.4, 0.5) is 18.9 Å². The Balaban J connectivity index is 1.97. The number of hydrogen-bond donors (Lipinski definition) is 0. The molecular weight excluding hydrogens is 277 g/mol. The maximum atomic E-state index is 14.0. The smallest absolute Gasteiger partial charge is 0.150 e. The van der Waals surface area contributed by atoms with Crippen LogP contribution in [0.2, 0.25) is 0 Å². The fourth-order valence-electron chi connectivity index (χ4n) is 2.64. The normalized spacial score (nSPS) is 13.7. The number of nitriles is 1. The molecule has 0 saturated heterocycles. The third-order valence-electron chi connectivity index (χ3n) is 3.64. The summed E-state index contributed by atoms with van der Waals surface area (Å²) in [5, 5.41) is 8.71. The zero-order valence-corrected chi connectivity index (χ0v) is 11.0. The average Bonchev–Trinajstić information content (AvgIpc) is 2.46. The molecule has 0 fully saturated rings. The maximum Gasteiger partial charge on any atom is 0.150 e. The van der Waals surface area contributed by atoms with Crippen LogP contribution in [0.5, 0.6) is 0 Å². The molecule has 0 aliphatic carbocycles. The van der Waals surface area contributed by atoms with Crippen LogP contribution in [0.3, 0.4) is 0 Å². The number of hydrogen-bond acceptors (Lipinski definition) is 2. The summed E-state index contributed by atoms with van der Waals surface area (Å²) in [7, 11) is 0. The van der Waals surface area contributed by atoms with Gasteiger partial charge in [-0.1, -0.05) is 6.07 Å². The molecule has 0 bridgehead atoms. The molecule has 21 heavy (non-hydrogen) atoms. The Morgan fingerprint density at radius 1 is 1.00 bits per heavy atom. The van der Waals surface area contributed by atoms with E-state index in [4.69, 9.17) is 5.26 Å². The summed E-state index contributed by atoms with van der Waals surface area (Å²) < 4.78 is 41.2. The van der Waals surface area contributed by atoms with Gasteiger partial charge in [0.2, 0.25) is 0 Å². The molecule has 5 heteroatoms. The van der Waals surface area contributed by atoms with E-state index in [-0.39, 0.29) is 17.1 Å². The number of anilines is 1. The van der Waals surface area contributed by atoms with Crippen LogP contribution in [0.25, 0.3) is 0 Å². The topological polar surface area (TPSA) is 27.0 Å². The molecule has 0 N–H and O–H groups in total. The molecule has 0 radical (unpaired) electrons. The molecule has 0 unspecified atom stereocenters. The highest BCUT2D eigenvalue weighted by Gasteiger charge is 2.23. The summed E-state index contributed by atoms with van der Waals surface area (Å²) >= 11 is 0. The Hall–Kier alpha value is -2.48. The third kappa shape index (κ3) is 2.45. The highest BCUT2D eigenvalue weighted by Crippen LogP contribution is 2.30. The number of benzene rings is 2. The van der Waals surface area contributed by atoms with Gasteiger partial charge in [-0.3, -0.25) is 0 Å². The van der Waals surface area contributed by atoms with Crippen molar-refractivity contribution in [3.63, 3.8) is 0 Å². The molecule has 2 aromatic carbocycles. The molecule has 1 heterocycles. The van der Waals surface area contributed by atoms with Crippen molar-refractivity contribution in [2.45, 2.75) is 13.0 Å². The Kier molecular flexibility index (Phi) is 3.30. The predicted octanol–water partition coefficient (Wildman–Crippen LogP) is 3.54. The van der Waals surface area contributed by atoms with E-state index in [2.05, 4.69) is 0 Å². The molecule has 3 rings (SSSR count). The third-order valence-corrected chi connectivity index (χ3v) is 3.64. The number of nitrogens with zero attached hydrogens (tertiary/aromatic N) is 2. The summed E-state index contributed by atoms with van der Waals surface area (Å²) in [5.41, 5.74) is 1.53. The van der Waals surface area contributed by atoms with E-state index >= 15 is 0 Å². The SMILES string of the molecule is N#Cc1cc(F)c(N2CCc3cc(F)ccc3C2)c(F)c1. The van der Waals surface area contributed by atoms with Gasteiger partial charge in [-0.15, -0.1) is 0 Å². The minimum atomic E-state index is -0.753. The van der Waals surface area contributed by atoms with Crippen molar-refractivity contribution >= 4 is 5.69 Å². The predicted molar refractivity (Wildman–Crippen MR) is 72.2 cm³/mol. The monoisotopic (exact) mass is 288 g/mol. The second-order valence-electron chi connectivity index (χ2n) is 4.98. The van der Waals surface area contributed by atoms with Crippen LogP contribution in [-0.2, 0) is 13.0 Å². The summed E-state index contributed by atoms with van der Waals surface area (Å²) in [6, 6.07) is 8.21. The molecule has 0 saturated carbocycles. The van der Waals surface area contributed by atoms with E-state index in [0.29, 0.717) is 19.5 Å². The Morgan fingerprint density at radius 3 is 2.38 bits per heavy atom. The van der Waals surface area contributed by atoms with E-state index in [1.165, 1.54) is 12.1 Å². The molecule has 0 aromatic heterocycles. The highest BCUT2D eigenvalue weighted by atomic mass is 19.1. The van der Waals surface area contributed by atoms with Gasteiger partial charge >= 0.3 is 0 Å². The van der Waals surface area contributed by atoms with E-state index in [1.54, 1.807) is 17.0 Å². The first-order valence-corrected chi connectivity index (χ1v) is 6.50. The first-order chi connectivity index (χ1) is 10.1. The van der Waals surface area contributed by atoms with Gasteiger partial charge in [0.15, 0.2) is 11.6 Å². The van der Waals surface area contributed by atoms with Gasteiger partial charge in [-0.25, -0.2) is 13.2 Å². The molecule has 0 amide bonds. The first kappa shape index (κ1) is 13.5. The van der Waals surface area contributed by atoms with Crippen LogP contribution >= 0.6 is 0 Å². The lowest BCUT2D eigenvalue weighted by atomic mass is 9.99. The largest absolute Gasteiger partial charge is 0.362 e. The van der Waals surface area contributed by atoms with Crippen LogP contribution in [0.15, 0.2) is 30.3 Å². The summed E-state index contributed by atoms with van der Waals surface area (Å²) in [5.74, 6) is -1.81. The van der Waals surface area contributed by atoms with Gasteiger partial charge in [0.05, 0.1) is 11.6 Å². The zero-order chi connectivity index (χ0) is 15.0. The fourth-order valence-corrected chi connectivity index (χ4v) is 2.64. The van der Waals surface area contributed by atoms with Crippen molar-refractivity contribution in [3.05, 3.63) is 64.5 Å². The highest BCUT2D eigenvalue weighted by molar-refractivity contribution is 5.54. The van der Waals surface area contributed by atoms with Gasteiger partial charge in [0, 0.05) is 13.1 Å². The Bertz CT molecular complexity index is 727. The van der Waals surface area contributed by atoms with Crippen molar-refractivity contribution in [2.75, 3.05) is 11.4 Å². The van der Waals surface area contributed by atoms with Crippen molar-refractivity contribution in [3.8, 4) is 6.07 Å². The van der Waals surface area contributed by atoms with Crippen molar-refractivity contribution in [1.29, 1.82) is 5.26 Å². The molecular formula is C16H11F3N2. The van der Waals surface area contributed by atoms with Crippen LogP contribution in [0, 0.1) is 28.8 Å². The second-order valence-corrected chi connectivity index (χ2v) is 4.98. The van der Waals surface area contributed by atoms with E-state index in [0.717, 1.165) is 23.3 Å². The Labute approximate surface area is 120 Å². The maximum absolute atomic E-state index is 14.0. The van der Waals surface area contributed by atoms with Gasteiger partial charge in [-0.2, -0.15) is 5.26 Å². The second kappa shape index (κ2) is 5.13. The lowest BCUT2D eigenvalue weighted by Gasteiger charge is -2.31. The van der Waals surface area contributed by atoms with E-state index in [9.17, 15) is 13.2 Å². The van der Waals surface area contributed by atoms with Crippen LogP contribution < -0.4 is 4.90 Å². The number of fused-ring (bicyclic) bond motifs is 1. The molecule has 0 atom stereocenters. The molecule has 106 valence electrons. The lowest BCUT2D eigenvalue weighted by molar-refractivity contribution is 0.562. The van der Waals surface area contributed by atoms with Gasteiger partial charge in [-0.05, 0) is 41.8 Å². The molecule has 2 aromatic rings. The van der Waals surface area contributed by atoms with Crippen molar-refractivity contribution in [1.82, 2.24) is 0 Å². The summed E-state index contributed by atoms with van der Waals surface area (Å²) in [6.07, 6.45) is 0.520. The molecule has 2 nitrogen and oxygen atoms in total. The van der Waals surface area contributed by atoms with Gasteiger partial charge in [0.25, 0.3) is 0 Å². The van der Waals surface area contributed by atoms with Gasteiger partial charge < -0.3 is 4.90 Å². The fraction of sp³-hybridized carbons (Fsp3) is 0.188. The van der Waals surface area contributed by atoms with Crippen molar-refractivity contribution in [2.24, 2.45) is 0 Å². The van der Waals surface area contributed by atoms with E-state index in [1.807, 2.05) is 0 Å². The summed E-state index contributed by atoms with van der Waals surface area (Å²) in [6.45, 7) is 0.714.